The van der Waals surface area contributed by atoms with E-state index in [9.17, 15) is 13.2 Å². The first-order valence-corrected chi connectivity index (χ1v) is 7.07. The monoisotopic (exact) mass is 271 g/mol. The van der Waals surface area contributed by atoms with Gasteiger partial charge in [-0.3, -0.25) is 4.79 Å². The molecule has 0 bridgehead atoms. The summed E-state index contributed by atoms with van der Waals surface area (Å²) in [5.41, 5.74) is 1.48. The van der Waals surface area contributed by atoms with E-state index in [0.29, 0.717) is 5.56 Å². The zero-order valence-corrected chi connectivity index (χ0v) is 11.5. The maximum absolute atomic E-state index is 12.0. The molecule has 0 spiro atoms. The maximum atomic E-state index is 12.0. The van der Waals surface area contributed by atoms with Gasteiger partial charge in [-0.1, -0.05) is 12.1 Å². The number of carbonyl (C=O) groups excluding carboxylic acids is 1. The number of hydrogen-bond donors (Lipinski definition) is 1. The fraction of sp³-hybridized carbons (Fsp3) is 0.417. The van der Waals surface area contributed by atoms with Crippen LogP contribution in [0.2, 0.25) is 0 Å². The number of ether oxygens (including phenoxy) is 1. The fourth-order valence-electron chi connectivity index (χ4n) is 1.44. The lowest BCUT2D eigenvalue weighted by atomic mass is 10.2. The van der Waals surface area contributed by atoms with Crippen LogP contribution in [-0.4, -0.2) is 27.5 Å². The average Bonchev–Trinajstić information content (AvgIpc) is 2.30. The van der Waals surface area contributed by atoms with Gasteiger partial charge in [-0.2, -0.15) is 4.72 Å². The molecule has 6 heteroatoms. The summed E-state index contributed by atoms with van der Waals surface area (Å²) in [7, 11) is -3.68. The van der Waals surface area contributed by atoms with Crippen molar-refractivity contribution in [2.75, 3.05) is 13.2 Å². The minimum atomic E-state index is -3.68. The Bertz CT molecular complexity index is 537. The quantitative estimate of drug-likeness (QED) is 0.815. The normalized spacial score (nSPS) is 11.3. The van der Waals surface area contributed by atoms with Gasteiger partial charge in [-0.15, -0.1) is 0 Å². The number of nitrogens with one attached hydrogen (secondary N) is 1. The highest BCUT2D eigenvalue weighted by atomic mass is 32.2. The van der Waals surface area contributed by atoms with E-state index in [2.05, 4.69) is 9.46 Å². The predicted molar refractivity (Wildman–Crippen MR) is 67.7 cm³/mol. The van der Waals surface area contributed by atoms with E-state index in [1.807, 2.05) is 13.0 Å². The van der Waals surface area contributed by atoms with E-state index in [-0.39, 0.29) is 18.0 Å². The first-order valence-electron chi connectivity index (χ1n) is 5.59. The van der Waals surface area contributed by atoms with Gasteiger partial charge in [0.2, 0.25) is 10.0 Å². The molecule has 0 aliphatic heterocycles. The molecule has 0 fully saturated rings. The number of aryl methyl sites for hydroxylation is 2. The molecule has 0 aromatic heterocycles. The molecule has 0 atom stereocenters. The van der Waals surface area contributed by atoms with Crippen LogP contribution < -0.4 is 4.72 Å². The molecule has 0 heterocycles. The second kappa shape index (κ2) is 5.97. The maximum Gasteiger partial charge on any atom is 0.321 e. The van der Waals surface area contributed by atoms with Gasteiger partial charge in [0, 0.05) is 0 Å². The Hall–Kier alpha value is -1.40. The summed E-state index contributed by atoms with van der Waals surface area (Å²) in [5.74, 6) is -0.591. The van der Waals surface area contributed by atoms with Crippen LogP contribution in [-0.2, 0) is 19.6 Å². The zero-order chi connectivity index (χ0) is 13.8. The molecule has 100 valence electrons. The number of rotatable bonds is 5. The Morgan fingerprint density at radius 2 is 2.00 bits per heavy atom. The summed E-state index contributed by atoms with van der Waals surface area (Å²) >= 11 is 0. The lowest BCUT2D eigenvalue weighted by molar-refractivity contribution is -0.141. The average molecular weight is 271 g/mol. The molecule has 0 saturated carbocycles. The molecule has 0 radical (unpaired) electrons. The van der Waals surface area contributed by atoms with Gasteiger partial charge in [0.05, 0.1) is 11.5 Å². The molecule has 1 aromatic rings. The third-order valence-corrected chi connectivity index (χ3v) is 3.89. The van der Waals surface area contributed by atoms with Crippen molar-refractivity contribution < 1.29 is 17.9 Å². The largest absolute Gasteiger partial charge is 0.465 e. The summed E-state index contributed by atoms with van der Waals surface area (Å²) in [6.07, 6.45) is 0. The van der Waals surface area contributed by atoms with Crippen molar-refractivity contribution in [3.8, 4) is 0 Å². The van der Waals surface area contributed by atoms with Crippen LogP contribution in [0.4, 0.5) is 0 Å². The Labute approximate surface area is 107 Å². The van der Waals surface area contributed by atoms with Gasteiger partial charge in [-0.05, 0) is 38.0 Å². The van der Waals surface area contributed by atoms with Crippen LogP contribution in [0, 0.1) is 13.8 Å². The van der Waals surface area contributed by atoms with Gasteiger partial charge in [-0.25, -0.2) is 8.42 Å². The smallest absolute Gasteiger partial charge is 0.321 e. The fourth-order valence-corrected chi connectivity index (χ4v) is 2.74. The van der Waals surface area contributed by atoms with E-state index in [4.69, 9.17) is 0 Å². The molecule has 1 aromatic carbocycles. The molecule has 0 aliphatic carbocycles. The molecule has 0 saturated heterocycles. The van der Waals surface area contributed by atoms with Crippen LogP contribution in [0.25, 0.3) is 0 Å². The second-order valence-corrected chi connectivity index (χ2v) is 5.63. The van der Waals surface area contributed by atoms with Crippen LogP contribution in [0.15, 0.2) is 23.1 Å². The third-order valence-electron chi connectivity index (χ3n) is 2.35. The summed E-state index contributed by atoms with van der Waals surface area (Å²) < 4.78 is 30.9. The minimum absolute atomic E-state index is 0.187. The number of hydrogen-bond acceptors (Lipinski definition) is 4. The summed E-state index contributed by atoms with van der Waals surface area (Å²) in [6, 6.07) is 5.14. The Kier molecular flexibility index (Phi) is 4.86. The molecule has 18 heavy (non-hydrogen) atoms. The number of carbonyl (C=O) groups is 1. The van der Waals surface area contributed by atoms with E-state index in [1.54, 1.807) is 26.0 Å². The van der Waals surface area contributed by atoms with Crippen molar-refractivity contribution in [3.63, 3.8) is 0 Å². The first kappa shape index (κ1) is 14.7. The molecule has 1 rings (SSSR count). The van der Waals surface area contributed by atoms with Gasteiger partial charge in [0.25, 0.3) is 0 Å². The molecule has 0 unspecified atom stereocenters. The van der Waals surface area contributed by atoms with Crippen molar-refractivity contribution in [1.29, 1.82) is 0 Å². The van der Waals surface area contributed by atoms with Crippen molar-refractivity contribution in [1.82, 2.24) is 4.72 Å². The van der Waals surface area contributed by atoms with Gasteiger partial charge in [0.15, 0.2) is 0 Å². The Morgan fingerprint density at radius 3 is 2.61 bits per heavy atom. The first-order chi connectivity index (χ1) is 8.36. The standard InChI is InChI=1S/C12H17NO4S/c1-4-17-12(14)8-13-18(15,16)11-7-9(2)5-6-10(11)3/h5-7,13H,4,8H2,1-3H3. The van der Waals surface area contributed by atoms with E-state index >= 15 is 0 Å². The van der Waals surface area contributed by atoms with Gasteiger partial charge >= 0.3 is 5.97 Å². The highest BCUT2D eigenvalue weighted by molar-refractivity contribution is 7.89. The summed E-state index contributed by atoms with van der Waals surface area (Å²) in [5, 5.41) is 0. The molecule has 0 aliphatic rings. The highest BCUT2D eigenvalue weighted by Gasteiger charge is 2.18. The van der Waals surface area contributed by atoms with Crippen molar-refractivity contribution in [2.45, 2.75) is 25.7 Å². The number of benzene rings is 1. The van der Waals surface area contributed by atoms with Crippen LogP contribution >= 0.6 is 0 Å². The SMILES string of the molecule is CCOC(=O)CNS(=O)(=O)c1cc(C)ccc1C. The van der Waals surface area contributed by atoms with Gasteiger partial charge < -0.3 is 4.74 Å². The molecular weight excluding hydrogens is 254 g/mol. The minimum Gasteiger partial charge on any atom is -0.465 e. The van der Waals surface area contributed by atoms with Crippen LogP contribution in [0.1, 0.15) is 18.1 Å². The third kappa shape index (κ3) is 3.82. The van der Waals surface area contributed by atoms with Crippen molar-refractivity contribution in [2.24, 2.45) is 0 Å². The summed E-state index contributed by atoms with van der Waals surface area (Å²) in [4.78, 5) is 11.3. The molecule has 5 nitrogen and oxygen atoms in total. The van der Waals surface area contributed by atoms with Gasteiger partial charge in [0.1, 0.15) is 6.54 Å². The lowest BCUT2D eigenvalue weighted by Crippen LogP contribution is -2.31. The Morgan fingerprint density at radius 1 is 1.33 bits per heavy atom. The van der Waals surface area contributed by atoms with Crippen LogP contribution in [0.5, 0.6) is 0 Å². The molecule has 1 N–H and O–H groups in total. The number of sulfonamides is 1. The van der Waals surface area contributed by atoms with E-state index in [0.717, 1.165) is 5.56 Å². The molecule has 0 amide bonds. The van der Waals surface area contributed by atoms with E-state index in [1.165, 1.54) is 0 Å². The Balaban J connectivity index is 2.87. The summed E-state index contributed by atoms with van der Waals surface area (Å²) in [6.45, 7) is 5.05. The molecular formula is C12H17NO4S. The van der Waals surface area contributed by atoms with Crippen molar-refractivity contribution >= 4 is 16.0 Å². The van der Waals surface area contributed by atoms with E-state index < -0.39 is 16.0 Å². The van der Waals surface area contributed by atoms with Crippen LogP contribution in [0.3, 0.4) is 0 Å². The lowest BCUT2D eigenvalue weighted by Gasteiger charge is -2.09. The topological polar surface area (TPSA) is 72.5 Å². The number of esters is 1. The highest BCUT2D eigenvalue weighted by Crippen LogP contribution is 2.16. The predicted octanol–water partition coefficient (Wildman–Crippen LogP) is 1.14. The van der Waals surface area contributed by atoms with Crippen molar-refractivity contribution in [3.05, 3.63) is 29.3 Å². The zero-order valence-electron chi connectivity index (χ0n) is 10.7. The second-order valence-electron chi connectivity index (χ2n) is 3.90.